The van der Waals surface area contributed by atoms with Crippen molar-refractivity contribution in [3.05, 3.63) is 59.7 Å². The SMILES string of the molecule is CCCC1CCC(OC(=O)c2ccc(-c3ccc(F)cc3F)cc2)CC1. The van der Waals surface area contributed by atoms with Gasteiger partial charge in [-0.2, -0.15) is 0 Å². The summed E-state index contributed by atoms with van der Waals surface area (Å²) in [5.74, 6) is -0.806. The van der Waals surface area contributed by atoms with Crippen LogP contribution < -0.4 is 0 Å². The van der Waals surface area contributed by atoms with Crippen molar-refractivity contribution in [2.45, 2.75) is 51.6 Å². The summed E-state index contributed by atoms with van der Waals surface area (Å²) in [6.07, 6.45) is 6.54. The van der Waals surface area contributed by atoms with Gasteiger partial charge in [0.05, 0.1) is 5.56 Å². The highest BCUT2D eigenvalue weighted by Crippen LogP contribution is 2.30. The predicted molar refractivity (Wildman–Crippen MR) is 97.9 cm³/mol. The maximum absolute atomic E-state index is 13.9. The zero-order valence-electron chi connectivity index (χ0n) is 15.0. The largest absolute Gasteiger partial charge is 0.459 e. The Bertz CT molecular complexity index is 747. The van der Waals surface area contributed by atoms with Crippen molar-refractivity contribution in [3.63, 3.8) is 0 Å². The number of carbonyl (C=O) groups excluding carboxylic acids is 1. The van der Waals surface area contributed by atoms with Gasteiger partial charge in [-0.15, -0.1) is 0 Å². The fraction of sp³-hybridized carbons (Fsp3) is 0.409. The van der Waals surface area contributed by atoms with Crippen LogP contribution in [-0.4, -0.2) is 12.1 Å². The van der Waals surface area contributed by atoms with Crippen LogP contribution in [0.2, 0.25) is 0 Å². The predicted octanol–water partition coefficient (Wildman–Crippen LogP) is 6.15. The summed E-state index contributed by atoms with van der Waals surface area (Å²) in [6.45, 7) is 2.20. The molecule has 1 fully saturated rings. The summed E-state index contributed by atoms with van der Waals surface area (Å²) < 4.78 is 32.5. The molecule has 0 bridgehead atoms. The summed E-state index contributed by atoms with van der Waals surface area (Å²) in [6, 6.07) is 10.0. The fourth-order valence-electron chi connectivity index (χ4n) is 3.68. The van der Waals surface area contributed by atoms with Crippen molar-refractivity contribution in [1.82, 2.24) is 0 Å². The Hall–Kier alpha value is -2.23. The molecule has 0 N–H and O–H groups in total. The van der Waals surface area contributed by atoms with Crippen LogP contribution in [0.3, 0.4) is 0 Å². The number of halogens is 2. The average molecular weight is 358 g/mol. The molecule has 0 aromatic heterocycles. The first-order chi connectivity index (χ1) is 12.6. The molecule has 1 aliphatic carbocycles. The van der Waals surface area contributed by atoms with Crippen molar-refractivity contribution in [2.24, 2.45) is 5.92 Å². The average Bonchev–Trinajstić information content (AvgIpc) is 2.64. The Morgan fingerprint density at radius 3 is 2.35 bits per heavy atom. The van der Waals surface area contributed by atoms with Crippen molar-refractivity contribution >= 4 is 5.97 Å². The lowest BCUT2D eigenvalue weighted by Crippen LogP contribution is -2.24. The van der Waals surface area contributed by atoms with Gasteiger partial charge in [0.1, 0.15) is 17.7 Å². The van der Waals surface area contributed by atoms with E-state index >= 15 is 0 Å². The van der Waals surface area contributed by atoms with E-state index in [1.807, 2.05) is 0 Å². The van der Waals surface area contributed by atoms with E-state index in [2.05, 4.69) is 6.92 Å². The third-order valence-electron chi connectivity index (χ3n) is 5.13. The van der Waals surface area contributed by atoms with Crippen LogP contribution in [-0.2, 0) is 4.74 Å². The Kier molecular flexibility index (Phi) is 6.02. The van der Waals surface area contributed by atoms with E-state index in [1.54, 1.807) is 24.3 Å². The molecule has 4 heteroatoms. The second-order valence-corrected chi connectivity index (χ2v) is 7.04. The lowest BCUT2D eigenvalue weighted by atomic mass is 9.85. The molecule has 0 unspecified atom stereocenters. The van der Waals surface area contributed by atoms with Crippen LogP contribution in [0.15, 0.2) is 42.5 Å². The maximum Gasteiger partial charge on any atom is 0.338 e. The summed E-state index contributed by atoms with van der Waals surface area (Å²) >= 11 is 0. The Balaban J connectivity index is 1.61. The number of benzene rings is 2. The van der Waals surface area contributed by atoms with Gasteiger partial charge in [0.15, 0.2) is 0 Å². The number of hydrogen-bond acceptors (Lipinski definition) is 2. The van der Waals surface area contributed by atoms with Gasteiger partial charge < -0.3 is 4.74 Å². The molecule has 0 amide bonds. The number of hydrogen-bond donors (Lipinski definition) is 0. The van der Waals surface area contributed by atoms with E-state index in [0.717, 1.165) is 37.7 Å². The molecule has 0 atom stereocenters. The van der Waals surface area contributed by atoms with Crippen molar-refractivity contribution in [2.75, 3.05) is 0 Å². The van der Waals surface area contributed by atoms with Crippen molar-refractivity contribution in [3.8, 4) is 11.1 Å². The molecule has 0 spiro atoms. The summed E-state index contributed by atoms with van der Waals surface area (Å²) in [5.41, 5.74) is 1.35. The quantitative estimate of drug-likeness (QED) is 0.599. The highest BCUT2D eigenvalue weighted by Gasteiger charge is 2.23. The molecular weight excluding hydrogens is 334 g/mol. The van der Waals surface area contributed by atoms with E-state index in [9.17, 15) is 13.6 Å². The van der Waals surface area contributed by atoms with Crippen LogP contribution in [0.5, 0.6) is 0 Å². The smallest absolute Gasteiger partial charge is 0.338 e. The third-order valence-corrected chi connectivity index (χ3v) is 5.13. The van der Waals surface area contributed by atoms with Crippen molar-refractivity contribution in [1.29, 1.82) is 0 Å². The Morgan fingerprint density at radius 1 is 1.04 bits per heavy atom. The number of rotatable bonds is 5. The topological polar surface area (TPSA) is 26.3 Å². The van der Waals surface area contributed by atoms with Crippen LogP contribution in [0.4, 0.5) is 8.78 Å². The molecule has 1 saturated carbocycles. The summed E-state index contributed by atoms with van der Waals surface area (Å²) in [5, 5.41) is 0. The monoisotopic (exact) mass is 358 g/mol. The number of esters is 1. The molecule has 1 aliphatic rings. The lowest BCUT2D eigenvalue weighted by molar-refractivity contribution is 0.0161. The normalized spacial score (nSPS) is 20.0. The standard InChI is InChI=1S/C22H24F2O2/c1-2-3-15-4-11-19(12-5-15)26-22(25)17-8-6-16(7-9-17)20-13-10-18(23)14-21(20)24/h6-10,13-15,19H,2-5,11-12H2,1H3. The molecule has 2 aromatic rings. The molecule has 26 heavy (non-hydrogen) atoms. The van der Waals surface area contributed by atoms with E-state index in [-0.39, 0.29) is 12.1 Å². The van der Waals surface area contributed by atoms with Crippen LogP contribution in [0.25, 0.3) is 11.1 Å². The van der Waals surface area contributed by atoms with Gasteiger partial charge in [0, 0.05) is 11.6 Å². The number of carbonyl (C=O) groups is 1. The minimum Gasteiger partial charge on any atom is -0.459 e. The summed E-state index contributed by atoms with van der Waals surface area (Å²) in [4.78, 5) is 12.3. The first-order valence-corrected chi connectivity index (χ1v) is 9.33. The van der Waals surface area contributed by atoms with Crippen LogP contribution in [0.1, 0.15) is 55.8 Å². The van der Waals surface area contributed by atoms with Gasteiger partial charge in [0.25, 0.3) is 0 Å². The van der Waals surface area contributed by atoms with E-state index in [1.165, 1.54) is 25.0 Å². The Morgan fingerprint density at radius 2 is 1.73 bits per heavy atom. The van der Waals surface area contributed by atoms with Crippen molar-refractivity contribution < 1.29 is 18.3 Å². The summed E-state index contributed by atoms with van der Waals surface area (Å²) in [7, 11) is 0. The maximum atomic E-state index is 13.9. The molecule has 0 heterocycles. The molecule has 0 radical (unpaired) electrons. The first-order valence-electron chi connectivity index (χ1n) is 9.33. The van der Waals surface area contributed by atoms with Gasteiger partial charge in [-0.05, 0) is 61.4 Å². The molecular formula is C22H24F2O2. The minimum absolute atomic E-state index is 0.00942. The van der Waals surface area contributed by atoms with Gasteiger partial charge in [0.2, 0.25) is 0 Å². The van der Waals surface area contributed by atoms with E-state index in [4.69, 9.17) is 4.74 Å². The fourth-order valence-corrected chi connectivity index (χ4v) is 3.68. The van der Waals surface area contributed by atoms with Gasteiger partial charge >= 0.3 is 5.97 Å². The zero-order valence-corrected chi connectivity index (χ0v) is 15.0. The molecule has 0 saturated heterocycles. The molecule has 0 aliphatic heterocycles. The number of ether oxygens (including phenoxy) is 1. The third kappa shape index (κ3) is 4.48. The second-order valence-electron chi connectivity index (χ2n) is 7.04. The highest BCUT2D eigenvalue weighted by atomic mass is 19.1. The van der Waals surface area contributed by atoms with Crippen LogP contribution >= 0.6 is 0 Å². The first kappa shape index (κ1) is 18.6. The van der Waals surface area contributed by atoms with E-state index in [0.29, 0.717) is 16.7 Å². The zero-order chi connectivity index (χ0) is 18.5. The molecule has 2 nitrogen and oxygen atoms in total. The highest BCUT2D eigenvalue weighted by molar-refractivity contribution is 5.90. The second kappa shape index (κ2) is 8.43. The molecule has 3 rings (SSSR count). The lowest BCUT2D eigenvalue weighted by Gasteiger charge is -2.28. The minimum atomic E-state index is -0.621. The van der Waals surface area contributed by atoms with Crippen LogP contribution in [0, 0.1) is 17.6 Å². The van der Waals surface area contributed by atoms with E-state index < -0.39 is 11.6 Å². The molecule has 138 valence electrons. The van der Waals surface area contributed by atoms with Gasteiger partial charge in [-0.3, -0.25) is 0 Å². The van der Waals surface area contributed by atoms with Gasteiger partial charge in [-0.1, -0.05) is 31.9 Å². The molecule has 2 aromatic carbocycles. The van der Waals surface area contributed by atoms with Gasteiger partial charge in [-0.25, -0.2) is 13.6 Å². The Labute approximate surface area is 153 Å².